The smallest absolute Gasteiger partial charge is 0.304 e. The summed E-state index contributed by atoms with van der Waals surface area (Å²) in [6.07, 6.45) is 2.63. The van der Waals surface area contributed by atoms with Crippen LogP contribution in [0.25, 0.3) is 0 Å². The summed E-state index contributed by atoms with van der Waals surface area (Å²) in [6, 6.07) is -0.190. The number of nitrogens with zero attached hydrogens (tertiary/aromatic N) is 1. The van der Waals surface area contributed by atoms with E-state index in [4.69, 9.17) is 9.84 Å². The molecule has 0 aromatic rings. The molecular formula is C11H20N2O5S. The van der Waals surface area contributed by atoms with Crippen LogP contribution < -0.4 is 4.72 Å². The van der Waals surface area contributed by atoms with Crippen LogP contribution in [0.5, 0.6) is 0 Å². The SMILES string of the molecule is CN(CCC(=O)O)S(=O)(=O)NC1CCOC1C1CC1. The van der Waals surface area contributed by atoms with Crippen LogP contribution in [0.1, 0.15) is 25.7 Å². The van der Waals surface area contributed by atoms with Gasteiger partial charge in [-0.15, -0.1) is 0 Å². The summed E-state index contributed by atoms with van der Waals surface area (Å²) in [5, 5.41) is 8.57. The van der Waals surface area contributed by atoms with Gasteiger partial charge in [0.1, 0.15) is 0 Å². The molecule has 8 heteroatoms. The molecule has 2 N–H and O–H groups in total. The molecule has 7 nitrogen and oxygen atoms in total. The van der Waals surface area contributed by atoms with Crippen LogP contribution in [0.3, 0.4) is 0 Å². The molecule has 1 saturated carbocycles. The lowest BCUT2D eigenvalue weighted by molar-refractivity contribution is -0.137. The number of nitrogens with one attached hydrogen (secondary N) is 1. The first kappa shape index (κ1) is 14.7. The number of hydrogen-bond donors (Lipinski definition) is 2. The highest BCUT2D eigenvalue weighted by atomic mass is 32.2. The van der Waals surface area contributed by atoms with Gasteiger partial charge >= 0.3 is 5.97 Å². The lowest BCUT2D eigenvalue weighted by atomic mass is 10.1. The van der Waals surface area contributed by atoms with Gasteiger partial charge in [-0.25, -0.2) is 0 Å². The van der Waals surface area contributed by atoms with Crippen molar-refractivity contribution < 1.29 is 23.1 Å². The van der Waals surface area contributed by atoms with Gasteiger partial charge in [0, 0.05) is 20.2 Å². The molecule has 0 bridgehead atoms. The summed E-state index contributed by atoms with van der Waals surface area (Å²) in [5.74, 6) is -0.540. The Morgan fingerprint density at radius 2 is 2.11 bits per heavy atom. The van der Waals surface area contributed by atoms with Crippen molar-refractivity contribution in [2.45, 2.75) is 37.8 Å². The standard InChI is InChI=1S/C11H20N2O5S/c1-13(6-4-10(14)15)19(16,17)12-9-5-7-18-11(9)8-2-3-8/h8-9,11-12H,2-7H2,1H3,(H,14,15). The van der Waals surface area contributed by atoms with E-state index in [1.807, 2.05) is 0 Å². The Bertz CT molecular complexity index is 434. The Hall–Kier alpha value is -0.700. The number of carboxylic acid groups (broad SMARTS) is 1. The van der Waals surface area contributed by atoms with E-state index in [9.17, 15) is 13.2 Å². The fraction of sp³-hybridized carbons (Fsp3) is 0.909. The number of carbonyl (C=O) groups is 1. The average molecular weight is 292 g/mol. The van der Waals surface area contributed by atoms with E-state index in [0.717, 1.165) is 17.1 Å². The van der Waals surface area contributed by atoms with E-state index in [2.05, 4.69) is 4.72 Å². The van der Waals surface area contributed by atoms with Crippen molar-refractivity contribution in [2.75, 3.05) is 20.2 Å². The van der Waals surface area contributed by atoms with Gasteiger partial charge in [0.15, 0.2) is 0 Å². The Morgan fingerprint density at radius 3 is 2.68 bits per heavy atom. The molecule has 2 unspecified atom stereocenters. The molecule has 1 aliphatic heterocycles. The minimum absolute atomic E-state index is 0.0253. The predicted molar refractivity (Wildman–Crippen MR) is 67.8 cm³/mol. The predicted octanol–water partition coefficient (Wildman–Crippen LogP) is -0.205. The largest absolute Gasteiger partial charge is 0.481 e. The Labute approximate surface area is 113 Å². The molecule has 19 heavy (non-hydrogen) atoms. The van der Waals surface area contributed by atoms with Crippen molar-refractivity contribution in [3.05, 3.63) is 0 Å². The van der Waals surface area contributed by atoms with Gasteiger partial charge in [-0.1, -0.05) is 0 Å². The van der Waals surface area contributed by atoms with E-state index in [-0.39, 0.29) is 25.1 Å². The second-order valence-electron chi connectivity index (χ2n) is 5.16. The molecule has 0 radical (unpaired) electrons. The highest BCUT2D eigenvalue weighted by Crippen LogP contribution is 2.38. The fourth-order valence-electron chi connectivity index (χ4n) is 2.28. The van der Waals surface area contributed by atoms with E-state index in [1.54, 1.807) is 0 Å². The highest BCUT2D eigenvalue weighted by molar-refractivity contribution is 7.87. The Balaban J connectivity index is 1.90. The van der Waals surface area contributed by atoms with Crippen molar-refractivity contribution in [3.8, 4) is 0 Å². The minimum atomic E-state index is -3.64. The van der Waals surface area contributed by atoms with Crippen LogP contribution in [0.2, 0.25) is 0 Å². The second-order valence-corrected chi connectivity index (χ2v) is 6.97. The molecule has 0 aromatic carbocycles. The highest BCUT2D eigenvalue weighted by Gasteiger charge is 2.42. The summed E-state index contributed by atoms with van der Waals surface area (Å²) >= 11 is 0. The summed E-state index contributed by atoms with van der Waals surface area (Å²) in [6.45, 7) is 0.541. The minimum Gasteiger partial charge on any atom is -0.481 e. The molecule has 2 fully saturated rings. The van der Waals surface area contributed by atoms with E-state index >= 15 is 0 Å². The van der Waals surface area contributed by atoms with Crippen LogP contribution in [0.4, 0.5) is 0 Å². The first-order chi connectivity index (χ1) is 8.90. The molecule has 0 amide bonds. The van der Waals surface area contributed by atoms with Crippen LogP contribution in [0.15, 0.2) is 0 Å². The Morgan fingerprint density at radius 1 is 1.42 bits per heavy atom. The summed E-state index contributed by atoms with van der Waals surface area (Å²) in [5.41, 5.74) is 0. The van der Waals surface area contributed by atoms with E-state index in [0.29, 0.717) is 18.9 Å². The zero-order valence-electron chi connectivity index (χ0n) is 10.9. The molecule has 2 rings (SSSR count). The normalized spacial score (nSPS) is 27.9. The molecule has 110 valence electrons. The molecular weight excluding hydrogens is 272 g/mol. The van der Waals surface area contributed by atoms with Crippen molar-refractivity contribution >= 4 is 16.2 Å². The average Bonchev–Trinajstić information content (AvgIpc) is 3.07. The maximum absolute atomic E-state index is 12.1. The number of hydrogen-bond acceptors (Lipinski definition) is 4. The van der Waals surface area contributed by atoms with E-state index < -0.39 is 16.2 Å². The maximum atomic E-state index is 12.1. The van der Waals surface area contributed by atoms with Crippen LogP contribution in [-0.4, -0.2) is 56.1 Å². The van der Waals surface area contributed by atoms with Gasteiger partial charge in [-0.3, -0.25) is 4.79 Å². The van der Waals surface area contributed by atoms with Gasteiger partial charge in [0.2, 0.25) is 0 Å². The summed E-state index contributed by atoms with van der Waals surface area (Å²) in [4.78, 5) is 10.5. The maximum Gasteiger partial charge on any atom is 0.304 e. The van der Waals surface area contributed by atoms with Gasteiger partial charge in [-0.2, -0.15) is 17.4 Å². The van der Waals surface area contributed by atoms with Gasteiger partial charge < -0.3 is 9.84 Å². The molecule has 1 aliphatic carbocycles. The lowest BCUT2D eigenvalue weighted by Crippen LogP contribution is -2.47. The fourth-order valence-corrected chi connectivity index (χ4v) is 3.43. The third-order valence-electron chi connectivity index (χ3n) is 3.57. The molecule has 2 atom stereocenters. The van der Waals surface area contributed by atoms with Gasteiger partial charge in [0.25, 0.3) is 10.2 Å². The zero-order valence-corrected chi connectivity index (χ0v) is 11.7. The topological polar surface area (TPSA) is 95.9 Å². The van der Waals surface area contributed by atoms with Crippen molar-refractivity contribution in [2.24, 2.45) is 5.92 Å². The third kappa shape index (κ3) is 3.88. The summed E-state index contributed by atoms with van der Waals surface area (Å²) < 4.78 is 33.4. The van der Waals surface area contributed by atoms with Gasteiger partial charge in [-0.05, 0) is 25.2 Å². The number of carboxylic acids is 1. The van der Waals surface area contributed by atoms with Crippen LogP contribution in [-0.2, 0) is 19.7 Å². The Kier molecular flexibility index (Phi) is 4.44. The van der Waals surface area contributed by atoms with Crippen LogP contribution in [0, 0.1) is 5.92 Å². The van der Waals surface area contributed by atoms with Crippen LogP contribution >= 0.6 is 0 Å². The molecule has 2 aliphatic rings. The van der Waals surface area contributed by atoms with Crippen molar-refractivity contribution in [1.29, 1.82) is 0 Å². The number of aliphatic carboxylic acids is 1. The first-order valence-electron chi connectivity index (χ1n) is 6.47. The quantitative estimate of drug-likeness (QED) is 0.677. The molecule has 0 aromatic heterocycles. The molecule has 1 heterocycles. The number of rotatable bonds is 7. The number of ether oxygens (including phenoxy) is 1. The second kappa shape index (κ2) is 5.74. The van der Waals surface area contributed by atoms with E-state index in [1.165, 1.54) is 7.05 Å². The van der Waals surface area contributed by atoms with Gasteiger partial charge in [0.05, 0.1) is 18.6 Å². The van der Waals surface area contributed by atoms with Crippen molar-refractivity contribution in [1.82, 2.24) is 9.03 Å². The third-order valence-corrected chi connectivity index (χ3v) is 5.18. The van der Waals surface area contributed by atoms with Crippen molar-refractivity contribution in [3.63, 3.8) is 0 Å². The monoisotopic (exact) mass is 292 g/mol. The molecule has 1 saturated heterocycles. The first-order valence-corrected chi connectivity index (χ1v) is 7.91. The summed E-state index contributed by atoms with van der Waals surface area (Å²) in [7, 11) is -2.26. The zero-order chi connectivity index (χ0) is 14.0. The molecule has 0 spiro atoms. The lowest BCUT2D eigenvalue weighted by Gasteiger charge is -2.23.